The van der Waals surface area contributed by atoms with Crippen molar-refractivity contribution >= 4 is 33.1 Å². The Morgan fingerprint density at radius 3 is 2.04 bits per heavy atom. The van der Waals surface area contributed by atoms with Crippen LogP contribution in [0.25, 0.3) is 0 Å². The largest absolute Gasteiger partial charge is 0.326 e. The maximum Gasteiger partial charge on any atom is 0.232 e. The monoisotopic (exact) mass is 388 g/mol. The molecule has 0 fully saturated rings. The highest BCUT2D eigenvalue weighted by Gasteiger charge is 2.19. The fourth-order valence-electron chi connectivity index (χ4n) is 2.77. The minimum absolute atomic E-state index is 0.00894. The number of amides is 1. The summed E-state index contributed by atoms with van der Waals surface area (Å²) < 4.78 is 25.5. The third kappa shape index (κ3) is 5.40. The van der Waals surface area contributed by atoms with Crippen LogP contribution in [-0.4, -0.2) is 32.9 Å². The molecule has 27 heavy (non-hydrogen) atoms. The molecule has 7 heteroatoms. The predicted octanol–water partition coefficient (Wildman–Crippen LogP) is 3.30. The molecule has 0 bridgehead atoms. The second-order valence-electron chi connectivity index (χ2n) is 6.50. The van der Waals surface area contributed by atoms with Gasteiger partial charge in [-0.2, -0.15) is 0 Å². The van der Waals surface area contributed by atoms with Gasteiger partial charge in [-0.05, 0) is 56.2 Å². The van der Waals surface area contributed by atoms with Crippen LogP contribution >= 0.6 is 0 Å². The number of nitrogens with zero attached hydrogens (tertiary/aromatic N) is 1. The molecule has 2 aromatic rings. The van der Waals surface area contributed by atoms with Crippen molar-refractivity contribution in [3.63, 3.8) is 0 Å². The molecule has 0 aliphatic carbocycles. The van der Waals surface area contributed by atoms with E-state index in [0.29, 0.717) is 11.3 Å². The van der Waals surface area contributed by atoms with Crippen LogP contribution in [0.1, 0.15) is 34.8 Å². The topological polar surface area (TPSA) is 83.6 Å². The van der Waals surface area contributed by atoms with Crippen molar-refractivity contribution in [2.24, 2.45) is 0 Å². The van der Waals surface area contributed by atoms with Crippen LogP contribution in [0.2, 0.25) is 0 Å². The average molecular weight is 388 g/mol. The van der Waals surface area contributed by atoms with Gasteiger partial charge in [-0.15, -0.1) is 0 Å². The number of anilines is 2. The van der Waals surface area contributed by atoms with E-state index < -0.39 is 10.0 Å². The molecule has 0 atom stereocenters. The zero-order chi connectivity index (χ0) is 20.2. The van der Waals surface area contributed by atoms with Crippen molar-refractivity contribution in [1.82, 2.24) is 0 Å². The van der Waals surface area contributed by atoms with E-state index in [4.69, 9.17) is 0 Å². The lowest BCUT2D eigenvalue weighted by Gasteiger charge is -2.22. The zero-order valence-corrected chi connectivity index (χ0v) is 16.8. The number of hydrogen-bond donors (Lipinski definition) is 1. The summed E-state index contributed by atoms with van der Waals surface area (Å²) in [5.41, 5.74) is 3.56. The highest BCUT2D eigenvalue weighted by atomic mass is 32.2. The molecule has 0 aromatic heterocycles. The molecule has 0 radical (unpaired) electrons. The summed E-state index contributed by atoms with van der Waals surface area (Å²) in [6.07, 6.45) is 1.10. The highest BCUT2D eigenvalue weighted by Crippen LogP contribution is 2.21. The second kappa shape index (κ2) is 8.35. The van der Waals surface area contributed by atoms with E-state index in [1.807, 2.05) is 32.0 Å². The van der Waals surface area contributed by atoms with Crippen LogP contribution in [-0.2, 0) is 14.8 Å². The van der Waals surface area contributed by atoms with E-state index in [2.05, 4.69) is 5.32 Å². The average Bonchev–Trinajstić information content (AvgIpc) is 2.57. The fraction of sp³-hybridized carbons (Fsp3) is 0.300. The predicted molar refractivity (Wildman–Crippen MR) is 108 cm³/mol. The van der Waals surface area contributed by atoms with Crippen LogP contribution < -0.4 is 9.62 Å². The van der Waals surface area contributed by atoms with Crippen LogP contribution in [0.5, 0.6) is 0 Å². The molecule has 0 aliphatic heterocycles. The summed E-state index contributed by atoms with van der Waals surface area (Å²) in [7, 11) is -3.57. The molecule has 0 aliphatic rings. The van der Waals surface area contributed by atoms with E-state index in [1.54, 1.807) is 24.3 Å². The normalized spacial score (nSPS) is 11.1. The maximum absolute atomic E-state index is 12.3. The summed E-state index contributed by atoms with van der Waals surface area (Å²) in [5.74, 6) is -0.359. The Kier molecular flexibility index (Phi) is 6.38. The van der Waals surface area contributed by atoms with E-state index >= 15 is 0 Å². The Bertz CT molecular complexity index is 930. The van der Waals surface area contributed by atoms with Crippen molar-refractivity contribution in [3.8, 4) is 0 Å². The van der Waals surface area contributed by atoms with Gasteiger partial charge in [-0.1, -0.05) is 18.2 Å². The Hall–Kier alpha value is -2.67. The number of Topliss-reactive ketones (excluding diaryl/α,β-unsaturated/α-hetero) is 1. The standard InChI is InChI=1S/C20H24N2O4S/c1-14-6-5-7-15(2)20(14)21-19(24)12-13-22(27(4,25)26)18-10-8-17(9-11-18)16(3)23/h5-11H,12-13H2,1-4H3,(H,21,24). The van der Waals surface area contributed by atoms with Crippen LogP contribution in [0.4, 0.5) is 11.4 Å². The van der Waals surface area contributed by atoms with Crippen LogP contribution in [0, 0.1) is 13.8 Å². The molecule has 1 amide bonds. The van der Waals surface area contributed by atoms with Crippen LogP contribution in [0.15, 0.2) is 42.5 Å². The van der Waals surface area contributed by atoms with E-state index in [9.17, 15) is 18.0 Å². The molecule has 144 valence electrons. The number of rotatable bonds is 7. The third-order valence-electron chi connectivity index (χ3n) is 4.25. The molecular formula is C20H24N2O4S. The smallest absolute Gasteiger partial charge is 0.232 e. The van der Waals surface area contributed by atoms with Crippen molar-refractivity contribution in [3.05, 3.63) is 59.2 Å². The number of carbonyl (C=O) groups excluding carboxylic acids is 2. The molecule has 0 spiro atoms. The first-order valence-electron chi connectivity index (χ1n) is 8.54. The van der Waals surface area contributed by atoms with Gasteiger partial charge in [-0.25, -0.2) is 8.42 Å². The second-order valence-corrected chi connectivity index (χ2v) is 8.41. The van der Waals surface area contributed by atoms with E-state index in [1.165, 1.54) is 11.2 Å². The van der Waals surface area contributed by atoms with Gasteiger partial charge in [0.15, 0.2) is 5.78 Å². The van der Waals surface area contributed by atoms with Crippen molar-refractivity contribution in [1.29, 1.82) is 0 Å². The van der Waals surface area contributed by atoms with Gasteiger partial charge in [-0.3, -0.25) is 13.9 Å². The number of aryl methyl sites for hydroxylation is 2. The Labute approximate surface area is 160 Å². The molecule has 6 nitrogen and oxygen atoms in total. The molecular weight excluding hydrogens is 364 g/mol. The van der Waals surface area contributed by atoms with Gasteiger partial charge < -0.3 is 5.32 Å². The quantitative estimate of drug-likeness (QED) is 0.738. The number of nitrogens with one attached hydrogen (secondary N) is 1. The number of ketones is 1. The zero-order valence-electron chi connectivity index (χ0n) is 15.9. The Morgan fingerprint density at radius 1 is 1.00 bits per heavy atom. The van der Waals surface area contributed by atoms with Crippen molar-refractivity contribution < 1.29 is 18.0 Å². The lowest BCUT2D eigenvalue weighted by Crippen LogP contribution is -2.33. The van der Waals surface area contributed by atoms with Gasteiger partial charge >= 0.3 is 0 Å². The number of carbonyl (C=O) groups is 2. The summed E-state index contributed by atoms with van der Waals surface area (Å²) in [5, 5.41) is 2.86. The SMILES string of the molecule is CC(=O)c1ccc(N(CCC(=O)Nc2c(C)cccc2C)S(C)(=O)=O)cc1. The molecule has 0 heterocycles. The third-order valence-corrected chi connectivity index (χ3v) is 5.44. The first kappa shape index (κ1) is 20.6. The van der Waals surface area contributed by atoms with Crippen molar-refractivity contribution in [2.45, 2.75) is 27.2 Å². The molecule has 0 unspecified atom stereocenters. The Balaban J connectivity index is 2.13. The number of para-hydroxylation sites is 1. The maximum atomic E-state index is 12.3. The number of hydrogen-bond acceptors (Lipinski definition) is 4. The molecule has 1 N–H and O–H groups in total. The summed E-state index contributed by atoms with van der Waals surface area (Å²) in [6.45, 7) is 5.26. The lowest BCUT2D eigenvalue weighted by atomic mass is 10.1. The molecule has 0 saturated heterocycles. The summed E-state index contributed by atoms with van der Waals surface area (Å²) in [4.78, 5) is 23.7. The fourth-order valence-corrected chi connectivity index (χ4v) is 3.69. The summed E-state index contributed by atoms with van der Waals surface area (Å²) in [6, 6.07) is 12.0. The van der Waals surface area contributed by atoms with Gasteiger partial charge in [0.05, 0.1) is 11.9 Å². The van der Waals surface area contributed by atoms with Gasteiger partial charge in [0.2, 0.25) is 15.9 Å². The lowest BCUT2D eigenvalue weighted by molar-refractivity contribution is -0.116. The summed E-state index contributed by atoms with van der Waals surface area (Å²) >= 11 is 0. The van der Waals surface area contributed by atoms with E-state index in [0.717, 1.165) is 23.1 Å². The Morgan fingerprint density at radius 2 is 1.56 bits per heavy atom. The molecule has 2 aromatic carbocycles. The van der Waals surface area contributed by atoms with Gasteiger partial charge in [0.25, 0.3) is 0 Å². The molecule has 2 rings (SSSR count). The number of sulfonamides is 1. The van der Waals surface area contributed by atoms with E-state index in [-0.39, 0.29) is 24.7 Å². The minimum atomic E-state index is -3.57. The van der Waals surface area contributed by atoms with Gasteiger partial charge in [0, 0.05) is 24.2 Å². The van der Waals surface area contributed by atoms with Crippen molar-refractivity contribution in [2.75, 3.05) is 22.4 Å². The first-order valence-corrected chi connectivity index (χ1v) is 10.4. The minimum Gasteiger partial charge on any atom is -0.326 e. The molecule has 0 saturated carbocycles. The van der Waals surface area contributed by atoms with Crippen LogP contribution in [0.3, 0.4) is 0 Å². The number of benzene rings is 2. The highest BCUT2D eigenvalue weighted by molar-refractivity contribution is 7.92. The van der Waals surface area contributed by atoms with Gasteiger partial charge in [0.1, 0.15) is 0 Å². The first-order chi connectivity index (χ1) is 12.6.